The molecule has 0 aliphatic heterocycles. The Morgan fingerprint density at radius 1 is 1.26 bits per heavy atom. The SMILES string of the molecule is FC(F)(F)c1ccc(Br)c(Nc2ncncc2I)c1. The first kappa shape index (κ1) is 14.5. The molecular weight excluding hydrogens is 438 g/mol. The van der Waals surface area contributed by atoms with Crippen LogP contribution in [0.1, 0.15) is 5.56 Å². The van der Waals surface area contributed by atoms with Crippen molar-refractivity contribution in [1.82, 2.24) is 9.97 Å². The normalized spacial score (nSPS) is 11.4. The fraction of sp³-hybridized carbons (Fsp3) is 0.0909. The van der Waals surface area contributed by atoms with E-state index in [9.17, 15) is 13.2 Å². The maximum absolute atomic E-state index is 12.6. The van der Waals surface area contributed by atoms with E-state index in [1.54, 1.807) is 6.20 Å². The van der Waals surface area contributed by atoms with Crippen LogP contribution in [-0.2, 0) is 6.18 Å². The Morgan fingerprint density at radius 2 is 2.00 bits per heavy atom. The van der Waals surface area contributed by atoms with Gasteiger partial charge in [0, 0.05) is 10.7 Å². The second-order valence-electron chi connectivity index (χ2n) is 3.54. The Labute approximate surface area is 128 Å². The molecule has 0 saturated carbocycles. The van der Waals surface area contributed by atoms with E-state index in [0.717, 1.165) is 12.1 Å². The predicted molar refractivity (Wildman–Crippen MR) is 77.2 cm³/mol. The molecule has 8 heteroatoms. The van der Waals surface area contributed by atoms with Gasteiger partial charge in [0.1, 0.15) is 12.1 Å². The maximum Gasteiger partial charge on any atom is 0.416 e. The first-order chi connectivity index (χ1) is 8.88. The van der Waals surface area contributed by atoms with Crippen LogP contribution in [0, 0.1) is 3.57 Å². The van der Waals surface area contributed by atoms with Crippen LogP contribution in [0.5, 0.6) is 0 Å². The third-order valence-electron chi connectivity index (χ3n) is 2.21. The van der Waals surface area contributed by atoms with E-state index >= 15 is 0 Å². The van der Waals surface area contributed by atoms with Crippen molar-refractivity contribution in [2.45, 2.75) is 6.18 Å². The molecule has 0 spiro atoms. The van der Waals surface area contributed by atoms with E-state index in [1.165, 1.54) is 12.4 Å². The van der Waals surface area contributed by atoms with Gasteiger partial charge in [-0.1, -0.05) is 0 Å². The first-order valence-corrected chi connectivity index (χ1v) is 6.84. The summed E-state index contributed by atoms with van der Waals surface area (Å²) in [5.74, 6) is 0.454. The molecule has 3 nitrogen and oxygen atoms in total. The van der Waals surface area contributed by atoms with E-state index in [-0.39, 0.29) is 0 Å². The van der Waals surface area contributed by atoms with Crippen LogP contribution in [0.2, 0.25) is 0 Å². The molecule has 0 radical (unpaired) electrons. The van der Waals surface area contributed by atoms with E-state index in [2.05, 4.69) is 31.2 Å². The molecule has 0 bridgehead atoms. The number of hydrogen-bond acceptors (Lipinski definition) is 3. The van der Waals surface area contributed by atoms with Crippen LogP contribution >= 0.6 is 38.5 Å². The molecule has 1 heterocycles. The minimum Gasteiger partial charge on any atom is -0.338 e. The summed E-state index contributed by atoms with van der Waals surface area (Å²) in [7, 11) is 0. The highest BCUT2D eigenvalue weighted by atomic mass is 127. The largest absolute Gasteiger partial charge is 0.416 e. The smallest absolute Gasteiger partial charge is 0.338 e. The lowest BCUT2D eigenvalue weighted by Gasteiger charge is -2.12. The molecule has 0 saturated heterocycles. The van der Waals surface area contributed by atoms with Crippen LogP contribution in [0.15, 0.2) is 35.2 Å². The van der Waals surface area contributed by atoms with Gasteiger partial charge in [-0.2, -0.15) is 13.2 Å². The van der Waals surface area contributed by atoms with Crippen molar-refractivity contribution in [3.05, 3.63) is 44.3 Å². The zero-order chi connectivity index (χ0) is 14.0. The van der Waals surface area contributed by atoms with Gasteiger partial charge in [0.15, 0.2) is 0 Å². The molecule has 0 unspecified atom stereocenters. The van der Waals surface area contributed by atoms with E-state index in [4.69, 9.17) is 0 Å². The monoisotopic (exact) mass is 443 g/mol. The van der Waals surface area contributed by atoms with Crippen molar-refractivity contribution < 1.29 is 13.2 Å². The third-order valence-corrected chi connectivity index (χ3v) is 3.70. The number of benzene rings is 1. The number of anilines is 2. The number of aromatic nitrogens is 2. The number of hydrogen-bond donors (Lipinski definition) is 1. The molecule has 0 amide bonds. The maximum atomic E-state index is 12.6. The highest BCUT2D eigenvalue weighted by Crippen LogP contribution is 2.35. The van der Waals surface area contributed by atoms with Gasteiger partial charge in [-0.3, -0.25) is 0 Å². The Kier molecular flexibility index (Phi) is 4.29. The van der Waals surface area contributed by atoms with Crippen molar-refractivity contribution in [3.8, 4) is 0 Å². The van der Waals surface area contributed by atoms with Crippen molar-refractivity contribution in [3.63, 3.8) is 0 Å². The topological polar surface area (TPSA) is 37.8 Å². The summed E-state index contributed by atoms with van der Waals surface area (Å²) in [4.78, 5) is 7.79. The molecule has 2 aromatic rings. The van der Waals surface area contributed by atoms with E-state index in [0.29, 0.717) is 19.5 Å². The lowest BCUT2D eigenvalue weighted by molar-refractivity contribution is -0.137. The lowest BCUT2D eigenvalue weighted by Crippen LogP contribution is -2.06. The van der Waals surface area contributed by atoms with Crippen LogP contribution in [-0.4, -0.2) is 9.97 Å². The van der Waals surface area contributed by atoms with Gasteiger partial charge in [0.25, 0.3) is 0 Å². The molecule has 0 aliphatic rings. The zero-order valence-electron chi connectivity index (χ0n) is 9.17. The van der Waals surface area contributed by atoms with E-state index in [1.807, 2.05) is 22.6 Å². The lowest BCUT2D eigenvalue weighted by atomic mass is 10.2. The summed E-state index contributed by atoms with van der Waals surface area (Å²) in [5, 5.41) is 2.85. The Bertz CT molecular complexity index is 604. The molecule has 2 rings (SSSR count). The van der Waals surface area contributed by atoms with Gasteiger partial charge < -0.3 is 5.32 Å². The van der Waals surface area contributed by atoms with Gasteiger partial charge >= 0.3 is 6.18 Å². The fourth-order valence-corrected chi connectivity index (χ4v) is 2.11. The Balaban J connectivity index is 2.38. The molecule has 0 fully saturated rings. The van der Waals surface area contributed by atoms with Gasteiger partial charge in [-0.25, -0.2) is 9.97 Å². The van der Waals surface area contributed by atoms with Crippen molar-refractivity contribution >= 4 is 50.0 Å². The summed E-state index contributed by atoms with van der Waals surface area (Å²) in [6.07, 6.45) is -1.49. The number of alkyl halides is 3. The quantitative estimate of drug-likeness (QED) is 0.689. The second-order valence-corrected chi connectivity index (χ2v) is 5.55. The van der Waals surface area contributed by atoms with Gasteiger partial charge in [0.05, 0.1) is 14.8 Å². The van der Waals surface area contributed by atoms with Crippen molar-refractivity contribution in [2.24, 2.45) is 0 Å². The summed E-state index contributed by atoms with van der Waals surface area (Å²) >= 11 is 5.20. The fourth-order valence-electron chi connectivity index (χ4n) is 1.33. The number of nitrogens with zero attached hydrogens (tertiary/aromatic N) is 2. The number of rotatable bonds is 2. The molecule has 19 heavy (non-hydrogen) atoms. The van der Waals surface area contributed by atoms with Gasteiger partial charge in [0.2, 0.25) is 0 Å². The average molecular weight is 444 g/mol. The Morgan fingerprint density at radius 3 is 2.63 bits per heavy atom. The molecule has 1 N–H and O–H groups in total. The highest BCUT2D eigenvalue weighted by molar-refractivity contribution is 14.1. The minimum atomic E-state index is -4.38. The molecule has 100 valence electrons. The number of nitrogens with one attached hydrogen (secondary N) is 1. The van der Waals surface area contributed by atoms with Crippen LogP contribution < -0.4 is 5.32 Å². The molecule has 0 aliphatic carbocycles. The molecule has 0 atom stereocenters. The van der Waals surface area contributed by atoms with Gasteiger partial charge in [-0.05, 0) is 56.7 Å². The summed E-state index contributed by atoms with van der Waals surface area (Å²) < 4.78 is 39.2. The molecular formula is C11H6BrF3IN3. The second kappa shape index (κ2) is 5.61. The summed E-state index contributed by atoms with van der Waals surface area (Å²) in [6.45, 7) is 0. The Hall–Kier alpha value is -0.900. The van der Waals surface area contributed by atoms with Crippen LogP contribution in [0.3, 0.4) is 0 Å². The summed E-state index contributed by atoms with van der Waals surface area (Å²) in [5.41, 5.74) is -0.422. The first-order valence-electron chi connectivity index (χ1n) is 4.97. The molecule has 1 aromatic carbocycles. The third kappa shape index (κ3) is 3.56. The minimum absolute atomic E-state index is 0.298. The highest BCUT2D eigenvalue weighted by Gasteiger charge is 2.31. The van der Waals surface area contributed by atoms with Crippen LogP contribution in [0.4, 0.5) is 24.7 Å². The summed E-state index contributed by atoms with van der Waals surface area (Å²) in [6, 6.07) is 3.39. The van der Waals surface area contributed by atoms with Gasteiger partial charge in [-0.15, -0.1) is 0 Å². The predicted octanol–water partition coefficient (Wildman–Crippen LogP) is 4.61. The molecule has 1 aromatic heterocycles. The zero-order valence-corrected chi connectivity index (χ0v) is 12.9. The van der Waals surface area contributed by atoms with Crippen LogP contribution in [0.25, 0.3) is 0 Å². The standard InChI is InChI=1S/C11H6BrF3IN3/c12-7-2-1-6(11(13,14)15)3-9(7)19-10-8(16)4-17-5-18-10/h1-5H,(H,17,18,19). The number of halogens is 5. The van der Waals surface area contributed by atoms with Crippen molar-refractivity contribution in [2.75, 3.05) is 5.32 Å². The average Bonchev–Trinajstić information content (AvgIpc) is 2.33. The van der Waals surface area contributed by atoms with E-state index < -0.39 is 11.7 Å². The van der Waals surface area contributed by atoms with Crippen molar-refractivity contribution in [1.29, 1.82) is 0 Å².